The number of aliphatic hydroxyl groups excluding tert-OH is 1. The number of hydrogen-bond donors (Lipinski definition) is 2. The number of hydrogen-bond acceptors (Lipinski definition) is 3. The lowest BCUT2D eigenvalue weighted by atomic mass is 9.93. The molecule has 1 aromatic carbocycles. The van der Waals surface area contributed by atoms with Crippen LogP contribution in [0.4, 0.5) is 5.69 Å². The van der Waals surface area contributed by atoms with E-state index in [4.69, 9.17) is 4.74 Å². The van der Waals surface area contributed by atoms with Gasteiger partial charge in [-0.2, -0.15) is 0 Å². The largest absolute Gasteiger partial charge is 0.486 e. The third kappa shape index (κ3) is 1.16. The Bertz CT molecular complexity index is 393. The van der Waals surface area contributed by atoms with Gasteiger partial charge in [0.05, 0.1) is 17.3 Å². The van der Waals surface area contributed by atoms with Crippen LogP contribution in [0.5, 0.6) is 5.75 Å². The Kier molecular flexibility index (Phi) is 1.74. The SMILES string of the molecule is C[C@@]12Nc3ccccc3O[C@@H]1CC[C@@H]2O. The van der Waals surface area contributed by atoms with Crippen LogP contribution in [0.1, 0.15) is 19.8 Å². The van der Waals surface area contributed by atoms with E-state index >= 15 is 0 Å². The number of aliphatic hydroxyl groups is 1. The van der Waals surface area contributed by atoms with Crippen molar-refractivity contribution in [1.29, 1.82) is 0 Å². The average Bonchev–Trinajstić information content (AvgIpc) is 2.52. The molecule has 3 nitrogen and oxygen atoms in total. The summed E-state index contributed by atoms with van der Waals surface area (Å²) in [4.78, 5) is 0. The van der Waals surface area contributed by atoms with Crippen LogP contribution < -0.4 is 10.1 Å². The van der Waals surface area contributed by atoms with Crippen molar-refractivity contribution in [3.63, 3.8) is 0 Å². The molecule has 2 aliphatic rings. The minimum absolute atomic E-state index is 0.0856. The molecule has 1 aliphatic carbocycles. The smallest absolute Gasteiger partial charge is 0.142 e. The molecule has 1 fully saturated rings. The summed E-state index contributed by atoms with van der Waals surface area (Å²) in [6.07, 6.45) is 1.49. The van der Waals surface area contributed by atoms with Gasteiger partial charge in [0.15, 0.2) is 0 Å². The zero-order chi connectivity index (χ0) is 10.5. The average molecular weight is 205 g/mol. The number of benzene rings is 1. The molecule has 2 N–H and O–H groups in total. The number of fused-ring (bicyclic) bond motifs is 2. The maximum atomic E-state index is 9.97. The summed E-state index contributed by atoms with van der Waals surface area (Å²) >= 11 is 0. The van der Waals surface area contributed by atoms with Gasteiger partial charge in [-0.25, -0.2) is 0 Å². The van der Waals surface area contributed by atoms with E-state index in [2.05, 4.69) is 5.32 Å². The zero-order valence-corrected chi connectivity index (χ0v) is 8.73. The second kappa shape index (κ2) is 2.89. The Balaban J connectivity index is 2.02. The standard InChI is InChI=1S/C12H15NO2/c1-12-10(14)6-7-11(12)15-9-5-3-2-4-8(9)13-12/h2-5,10-11,13-14H,6-7H2,1H3/t10-,11+,12-/m0/s1. The lowest BCUT2D eigenvalue weighted by Crippen LogP contribution is -2.54. The van der Waals surface area contributed by atoms with Crippen LogP contribution >= 0.6 is 0 Å². The van der Waals surface area contributed by atoms with Crippen LogP contribution in [0.2, 0.25) is 0 Å². The number of rotatable bonds is 0. The molecule has 1 saturated carbocycles. The van der Waals surface area contributed by atoms with E-state index in [1.165, 1.54) is 0 Å². The van der Waals surface area contributed by atoms with Gasteiger partial charge in [-0.3, -0.25) is 0 Å². The summed E-state index contributed by atoms with van der Waals surface area (Å²) in [5.41, 5.74) is 0.658. The Morgan fingerprint density at radius 3 is 3.07 bits per heavy atom. The molecule has 3 heteroatoms. The minimum atomic E-state index is -0.325. The normalized spacial score (nSPS) is 37.5. The summed E-state index contributed by atoms with van der Waals surface area (Å²) in [6.45, 7) is 2.03. The molecule has 1 heterocycles. The van der Waals surface area contributed by atoms with Gasteiger partial charge >= 0.3 is 0 Å². The summed E-state index contributed by atoms with van der Waals surface area (Å²) in [7, 11) is 0. The van der Waals surface area contributed by atoms with E-state index in [-0.39, 0.29) is 17.7 Å². The Hall–Kier alpha value is -1.22. The maximum absolute atomic E-state index is 9.97. The molecule has 3 atom stereocenters. The van der Waals surface area contributed by atoms with Crippen molar-refractivity contribution in [2.45, 2.75) is 37.5 Å². The summed E-state index contributed by atoms with van der Waals surface area (Å²) in [6, 6.07) is 7.89. The van der Waals surface area contributed by atoms with E-state index in [1.54, 1.807) is 0 Å². The van der Waals surface area contributed by atoms with Crippen LogP contribution in [0.15, 0.2) is 24.3 Å². The van der Waals surface area contributed by atoms with Gasteiger partial charge in [-0.05, 0) is 31.9 Å². The molecule has 80 valence electrons. The molecule has 0 radical (unpaired) electrons. The molecule has 0 bridgehead atoms. The van der Waals surface area contributed by atoms with E-state index in [1.807, 2.05) is 31.2 Å². The highest BCUT2D eigenvalue weighted by Crippen LogP contribution is 2.43. The summed E-state index contributed by atoms with van der Waals surface area (Å²) < 4.78 is 5.91. The molecule has 15 heavy (non-hydrogen) atoms. The molecule has 1 aromatic rings. The Labute approximate surface area is 89.1 Å². The number of para-hydroxylation sites is 2. The third-order valence-corrected chi connectivity index (χ3v) is 3.62. The molecule has 0 aromatic heterocycles. The lowest BCUT2D eigenvalue weighted by molar-refractivity contribution is 0.0687. The summed E-state index contributed by atoms with van der Waals surface area (Å²) in [5.74, 6) is 0.897. The van der Waals surface area contributed by atoms with Crippen LogP contribution in [0.3, 0.4) is 0 Å². The first-order valence-corrected chi connectivity index (χ1v) is 5.42. The predicted octanol–water partition coefficient (Wildman–Crippen LogP) is 1.77. The Morgan fingerprint density at radius 1 is 1.40 bits per heavy atom. The minimum Gasteiger partial charge on any atom is -0.486 e. The van der Waals surface area contributed by atoms with Gasteiger partial charge in [0.25, 0.3) is 0 Å². The van der Waals surface area contributed by atoms with Crippen molar-refractivity contribution in [2.24, 2.45) is 0 Å². The first-order chi connectivity index (χ1) is 7.20. The molecule has 0 amide bonds. The number of anilines is 1. The second-order valence-corrected chi connectivity index (χ2v) is 4.60. The van der Waals surface area contributed by atoms with Crippen molar-refractivity contribution in [1.82, 2.24) is 0 Å². The highest BCUT2D eigenvalue weighted by atomic mass is 16.5. The quantitative estimate of drug-likeness (QED) is 0.678. The molecule has 1 aliphatic heterocycles. The van der Waals surface area contributed by atoms with Gasteiger partial charge in [-0.1, -0.05) is 12.1 Å². The van der Waals surface area contributed by atoms with Crippen LogP contribution in [-0.4, -0.2) is 22.9 Å². The fourth-order valence-corrected chi connectivity index (χ4v) is 2.58. The maximum Gasteiger partial charge on any atom is 0.142 e. The molecule has 0 saturated heterocycles. The fourth-order valence-electron chi connectivity index (χ4n) is 2.58. The van der Waals surface area contributed by atoms with Gasteiger partial charge in [0, 0.05) is 0 Å². The first kappa shape index (κ1) is 9.04. The monoisotopic (exact) mass is 205 g/mol. The van der Waals surface area contributed by atoms with Gasteiger partial charge in [0.1, 0.15) is 11.9 Å². The van der Waals surface area contributed by atoms with Crippen molar-refractivity contribution >= 4 is 5.69 Å². The third-order valence-electron chi connectivity index (χ3n) is 3.62. The summed E-state index contributed by atoms with van der Waals surface area (Å²) in [5, 5.41) is 13.4. The molecule has 0 spiro atoms. The van der Waals surface area contributed by atoms with Crippen LogP contribution in [-0.2, 0) is 0 Å². The topological polar surface area (TPSA) is 41.5 Å². The van der Waals surface area contributed by atoms with Crippen molar-refractivity contribution in [3.8, 4) is 5.75 Å². The van der Waals surface area contributed by atoms with Crippen molar-refractivity contribution in [2.75, 3.05) is 5.32 Å². The second-order valence-electron chi connectivity index (χ2n) is 4.60. The highest BCUT2D eigenvalue weighted by molar-refractivity contribution is 5.60. The molecular formula is C12H15NO2. The van der Waals surface area contributed by atoms with Crippen molar-refractivity contribution < 1.29 is 9.84 Å². The van der Waals surface area contributed by atoms with Crippen LogP contribution in [0.25, 0.3) is 0 Å². The number of nitrogens with one attached hydrogen (secondary N) is 1. The van der Waals surface area contributed by atoms with E-state index < -0.39 is 0 Å². The highest BCUT2D eigenvalue weighted by Gasteiger charge is 2.50. The van der Waals surface area contributed by atoms with Gasteiger partial charge in [0.2, 0.25) is 0 Å². The predicted molar refractivity (Wildman–Crippen MR) is 58.1 cm³/mol. The number of ether oxygens (including phenoxy) is 1. The Morgan fingerprint density at radius 2 is 2.20 bits per heavy atom. The first-order valence-electron chi connectivity index (χ1n) is 5.42. The van der Waals surface area contributed by atoms with Crippen molar-refractivity contribution in [3.05, 3.63) is 24.3 Å². The van der Waals surface area contributed by atoms with Gasteiger partial charge < -0.3 is 15.2 Å². The fraction of sp³-hybridized carbons (Fsp3) is 0.500. The van der Waals surface area contributed by atoms with Gasteiger partial charge in [-0.15, -0.1) is 0 Å². The van der Waals surface area contributed by atoms with Crippen LogP contribution in [0, 0.1) is 0 Å². The zero-order valence-electron chi connectivity index (χ0n) is 8.73. The molecule has 3 rings (SSSR count). The lowest BCUT2D eigenvalue weighted by Gasteiger charge is -2.40. The van der Waals surface area contributed by atoms with E-state index in [9.17, 15) is 5.11 Å². The van der Waals surface area contributed by atoms with E-state index in [0.29, 0.717) is 0 Å². The molecular weight excluding hydrogens is 190 g/mol. The molecule has 0 unspecified atom stereocenters. The van der Waals surface area contributed by atoms with E-state index in [0.717, 1.165) is 24.3 Å².